The molecule has 392 valence electrons. The maximum absolute atomic E-state index is 14.5. The van der Waals surface area contributed by atoms with Crippen molar-refractivity contribution in [2.75, 3.05) is 39.4 Å². The first kappa shape index (κ1) is 55.6. The number of thiazole rings is 2. The molecule has 0 spiro atoms. The second kappa shape index (κ2) is 25.9. The number of carbonyl (C=O) groups is 4. The molecule has 2 aromatic carbocycles. The molecule has 74 heavy (non-hydrogen) atoms. The van der Waals surface area contributed by atoms with Crippen molar-refractivity contribution in [2.45, 2.75) is 76.0 Å². The molecule has 0 aliphatic carbocycles. The van der Waals surface area contributed by atoms with Crippen LogP contribution in [0.2, 0.25) is 5.02 Å². The Kier molecular flexibility index (Phi) is 19.5. The Morgan fingerprint density at radius 2 is 1.18 bits per heavy atom. The summed E-state index contributed by atoms with van der Waals surface area (Å²) in [5.41, 5.74) is 2.12. The van der Waals surface area contributed by atoms with E-state index >= 15 is 0 Å². The molecule has 6 heterocycles. The molecule has 0 amide bonds. The number of hydrogen-bond donors (Lipinski definition) is 4. The summed E-state index contributed by atoms with van der Waals surface area (Å²) in [5, 5.41) is 29.4. The van der Waals surface area contributed by atoms with Crippen LogP contribution in [-0.2, 0) is 28.7 Å². The summed E-state index contributed by atoms with van der Waals surface area (Å²) in [4.78, 5) is 70.5. The zero-order valence-corrected chi connectivity index (χ0v) is 43.7. The van der Waals surface area contributed by atoms with E-state index in [-0.39, 0.29) is 67.6 Å². The van der Waals surface area contributed by atoms with Gasteiger partial charge in [0.25, 0.3) is 0 Å². The van der Waals surface area contributed by atoms with Crippen LogP contribution in [0.5, 0.6) is 0 Å². The van der Waals surface area contributed by atoms with Crippen LogP contribution in [0.4, 0.5) is 17.6 Å². The molecular weight excluding hydrogens is 1100 g/mol. The van der Waals surface area contributed by atoms with Crippen molar-refractivity contribution in [3.63, 3.8) is 0 Å². The number of aromatic nitrogens is 2. The molecule has 0 bridgehead atoms. The maximum atomic E-state index is 14.5. The Morgan fingerprint density at radius 3 is 1.58 bits per heavy atom. The zero-order chi connectivity index (χ0) is 53.1. The quantitative estimate of drug-likeness (QED) is 0.0471. The van der Waals surface area contributed by atoms with E-state index in [1.165, 1.54) is 59.1 Å². The van der Waals surface area contributed by atoms with Gasteiger partial charge in [-0.1, -0.05) is 51.8 Å². The van der Waals surface area contributed by atoms with Gasteiger partial charge >= 0.3 is 23.9 Å². The van der Waals surface area contributed by atoms with Gasteiger partial charge in [-0.25, -0.2) is 46.7 Å². The summed E-state index contributed by atoms with van der Waals surface area (Å²) in [6.07, 6.45) is 7.60. The number of rotatable bonds is 16. The van der Waals surface area contributed by atoms with Crippen LogP contribution in [-0.4, -0.2) is 129 Å². The number of nitrogens with zero attached hydrogens (tertiary/aromatic N) is 6. The van der Waals surface area contributed by atoms with Gasteiger partial charge < -0.3 is 30.3 Å². The molecule has 8 rings (SSSR count). The lowest BCUT2D eigenvalue weighted by Gasteiger charge is -2.37. The van der Waals surface area contributed by atoms with Crippen molar-refractivity contribution >= 4 is 85.8 Å². The number of halogens is 6. The molecule has 4 aliphatic heterocycles. The SMILES string of the molecule is CCOC(=O)C1=C(CN2CC(F)CCC2/C=C/C(=O)O)NC(c2nccs2)=NC1c1ccc(F)cc1Br.CCOC(=O)C1=C(CN2CC(F)CCC2/C=C/C(=O)O)NC(c2nccs2)=NC1c1ccc(F)cc1Cl. The Labute approximate surface area is 444 Å². The van der Waals surface area contributed by atoms with Crippen molar-refractivity contribution < 1.29 is 56.4 Å². The van der Waals surface area contributed by atoms with Gasteiger partial charge in [0.05, 0.1) is 24.4 Å². The van der Waals surface area contributed by atoms with Crippen molar-refractivity contribution in [3.05, 3.63) is 149 Å². The highest BCUT2D eigenvalue weighted by molar-refractivity contribution is 9.10. The second-order valence-corrected chi connectivity index (χ2v) is 20.0. The molecule has 6 unspecified atom stereocenters. The van der Waals surface area contributed by atoms with Crippen LogP contribution in [0.1, 0.15) is 72.8 Å². The van der Waals surface area contributed by atoms with E-state index in [1.807, 2.05) is 0 Å². The normalized spacial score (nSPS) is 22.6. The number of piperidine rings is 2. The minimum Gasteiger partial charge on any atom is -0.478 e. The first-order chi connectivity index (χ1) is 35.5. The van der Waals surface area contributed by atoms with E-state index in [1.54, 1.807) is 52.9 Å². The molecule has 2 aromatic heterocycles. The molecule has 4 aromatic rings. The summed E-state index contributed by atoms with van der Waals surface area (Å²) < 4.78 is 67.9. The number of hydrogen-bond acceptors (Lipinski definition) is 16. The van der Waals surface area contributed by atoms with Crippen LogP contribution in [0.25, 0.3) is 0 Å². The molecule has 2 fully saturated rings. The molecule has 4 aliphatic rings. The van der Waals surface area contributed by atoms with Gasteiger partial charge in [-0.3, -0.25) is 19.8 Å². The largest absolute Gasteiger partial charge is 0.478 e. The number of aliphatic carboxylic acids is 2. The van der Waals surface area contributed by atoms with E-state index in [0.29, 0.717) is 74.4 Å². The first-order valence-corrected chi connectivity index (χ1v) is 26.2. The van der Waals surface area contributed by atoms with Crippen molar-refractivity contribution in [2.24, 2.45) is 9.98 Å². The Bertz CT molecular complexity index is 2700. The second-order valence-electron chi connectivity index (χ2n) is 17.0. The first-order valence-electron chi connectivity index (χ1n) is 23.3. The number of likely N-dealkylation sites (tertiary alicyclic amines) is 2. The van der Waals surface area contributed by atoms with E-state index in [2.05, 4.69) is 36.5 Å². The Hall–Kier alpha value is -6.11. The summed E-state index contributed by atoms with van der Waals surface area (Å²) >= 11 is 12.5. The van der Waals surface area contributed by atoms with E-state index in [0.717, 1.165) is 18.2 Å². The summed E-state index contributed by atoms with van der Waals surface area (Å²) in [7, 11) is 0. The van der Waals surface area contributed by atoms with Crippen LogP contribution in [0.15, 0.2) is 121 Å². The molecule has 4 N–H and O–H groups in total. The average molecular weight is 1150 g/mol. The molecule has 6 atom stereocenters. The zero-order valence-electron chi connectivity index (χ0n) is 39.7. The molecule has 2 saturated heterocycles. The number of carbonyl (C=O) groups excluding carboxylic acids is 2. The highest BCUT2D eigenvalue weighted by atomic mass is 79.9. The number of carboxylic acids is 2. The van der Waals surface area contributed by atoms with Crippen molar-refractivity contribution in [3.8, 4) is 0 Å². The number of ether oxygens (including phenoxy) is 2. The van der Waals surface area contributed by atoms with Crippen molar-refractivity contribution in [1.82, 2.24) is 30.4 Å². The number of alkyl halides is 2. The van der Waals surface area contributed by atoms with Crippen LogP contribution < -0.4 is 10.6 Å². The Morgan fingerprint density at radius 1 is 0.730 bits per heavy atom. The van der Waals surface area contributed by atoms with Gasteiger partial charge in [0, 0.05) is 100 Å². The monoisotopic (exact) mass is 1140 g/mol. The third-order valence-corrected chi connectivity index (χ3v) is 14.6. The van der Waals surface area contributed by atoms with E-state index < -0.39 is 59.9 Å². The van der Waals surface area contributed by atoms with Gasteiger partial charge in [-0.2, -0.15) is 0 Å². The van der Waals surface area contributed by atoms with Gasteiger partial charge in [0.15, 0.2) is 21.7 Å². The van der Waals surface area contributed by atoms with Gasteiger partial charge in [0.2, 0.25) is 0 Å². The number of aliphatic imine (C=N–C) groups is 2. The Balaban J connectivity index is 0.000000216. The van der Waals surface area contributed by atoms with Gasteiger partial charge in [-0.15, -0.1) is 22.7 Å². The maximum Gasteiger partial charge on any atom is 0.338 e. The van der Waals surface area contributed by atoms with Crippen LogP contribution >= 0.6 is 50.2 Å². The molecular formula is C50H50BrClF4N8O8S2. The number of amidine groups is 2. The summed E-state index contributed by atoms with van der Waals surface area (Å²) in [5.74, 6) is -3.67. The molecule has 0 radical (unpaired) electrons. The standard InChI is InChI=1S/C25H25BrF2N4O4S.C25H25ClF2N4O4S/c2*1-2-36-25(35)21-19(13-32-12-15(28)3-5-16(32)6-8-20(33)34)30-23(24-29-9-10-37-24)31-22(21)17-7-4-14(27)11-18(17)26/h2*4,6-11,15-16,22H,2-3,5,12-13H2,1H3,(H,30,31)(H,33,34)/b2*8-6+. The lowest BCUT2D eigenvalue weighted by atomic mass is 9.94. The number of carboxylic acid groups (broad SMARTS) is 2. The molecule has 0 saturated carbocycles. The minimum atomic E-state index is -1.11. The fraction of sp³-hybridized carbons (Fsp3) is 0.360. The smallest absolute Gasteiger partial charge is 0.338 e. The molecule has 16 nitrogen and oxygen atoms in total. The minimum absolute atomic E-state index is 0.0433. The van der Waals surface area contributed by atoms with E-state index in [9.17, 15) is 36.7 Å². The fourth-order valence-corrected chi connectivity index (χ4v) is 10.8. The van der Waals surface area contributed by atoms with Gasteiger partial charge in [-0.05, 0) is 69.4 Å². The number of benzene rings is 2. The van der Waals surface area contributed by atoms with Crippen LogP contribution in [0, 0.1) is 11.6 Å². The average Bonchev–Trinajstić information content (AvgIpc) is 4.10. The predicted molar refractivity (Wildman–Crippen MR) is 274 cm³/mol. The van der Waals surface area contributed by atoms with Crippen LogP contribution in [0.3, 0.4) is 0 Å². The van der Waals surface area contributed by atoms with E-state index in [4.69, 9.17) is 41.3 Å². The number of nitrogens with one attached hydrogen (secondary N) is 2. The lowest BCUT2D eigenvalue weighted by molar-refractivity contribution is -0.139. The summed E-state index contributed by atoms with van der Waals surface area (Å²) in [6, 6.07) is 5.45. The summed E-state index contributed by atoms with van der Waals surface area (Å²) in [6.45, 7) is 3.85. The highest BCUT2D eigenvalue weighted by Crippen LogP contribution is 2.39. The van der Waals surface area contributed by atoms with Gasteiger partial charge in [0.1, 0.15) is 36.1 Å². The lowest BCUT2D eigenvalue weighted by Crippen LogP contribution is -2.47. The molecule has 24 heteroatoms. The third kappa shape index (κ3) is 14.2. The number of esters is 2. The highest BCUT2D eigenvalue weighted by Gasteiger charge is 2.39. The third-order valence-electron chi connectivity index (χ3n) is 12.0. The topological polar surface area (TPSA) is 208 Å². The fourth-order valence-electron chi connectivity index (χ4n) is 8.76. The van der Waals surface area contributed by atoms with Crippen molar-refractivity contribution in [1.29, 1.82) is 0 Å². The predicted octanol–water partition coefficient (Wildman–Crippen LogP) is 8.68.